The SMILES string of the molecule is C[NH+]=C(OC)c1c(C(C)C)cc(C(C)C)cc1C(C)C. The first-order chi connectivity index (χ1) is 9.33. The average molecular weight is 276 g/mol. The minimum Gasteiger partial charge on any atom is -0.448 e. The van der Waals surface area contributed by atoms with Crippen LogP contribution < -0.4 is 4.99 Å². The second kappa shape index (κ2) is 6.92. The second-order valence-corrected chi connectivity index (χ2v) is 6.32. The number of hydrogen-bond donors (Lipinski definition) is 1. The molecule has 0 bridgehead atoms. The third-order valence-corrected chi connectivity index (χ3v) is 3.79. The first kappa shape index (κ1) is 16.7. The Bertz CT molecular complexity index is 455. The third kappa shape index (κ3) is 3.41. The quantitative estimate of drug-likeness (QED) is 0.662. The number of benzene rings is 1. The molecule has 0 heterocycles. The lowest BCUT2D eigenvalue weighted by Gasteiger charge is -2.21. The maximum absolute atomic E-state index is 5.57. The molecule has 1 N–H and O–H groups in total. The summed E-state index contributed by atoms with van der Waals surface area (Å²) in [5.41, 5.74) is 5.38. The normalized spacial score (nSPS) is 12.7. The summed E-state index contributed by atoms with van der Waals surface area (Å²) in [5, 5.41) is 0. The van der Waals surface area contributed by atoms with Crippen LogP contribution in [0.3, 0.4) is 0 Å². The molecule has 0 aliphatic carbocycles. The molecular weight excluding hydrogens is 246 g/mol. The van der Waals surface area contributed by atoms with Crippen LogP contribution in [-0.2, 0) is 4.74 Å². The molecule has 0 aromatic heterocycles. The van der Waals surface area contributed by atoms with Crippen molar-refractivity contribution in [3.05, 3.63) is 34.4 Å². The van der Waals surface area contributed by atoms with Crippen LogP contribution in [0.2, 0.25) is 0 Å². The molecule has 0 aliphatic heterocycles. The molecule has 0 amide bonds. The fourth-order valence-corrected chi connectivity index (χ4v) is 2.55. The first-order valence-corrected chi connectivity index (χ1v) is 7.60. The van der Waals surface area contributed by atoms with Gasteiger partial charge in [-0.15, -0.1) is 0 Å². The molecule has 1 aromatic carbocycles. The zero-order chi connectivity index (χ0) is 15.4. The van der Waals surface area contributed by atoms with E-state index >= 15 is 0 Å². The molecule has 2 nitrogen and oxygen atoms in total. The van der Waals surface area contributed by atoms with Gasteiger partial charge in [0.2, 0.25) is 0 Å². The van der Waals surface area contributed by atoms with Crippen molar-refractivity contribution in [3.8, 4) is 0 Å². The van der Waals surface area contributed by atoms with Gasteiger partial charge in [-0.1, -0.05) is 53.7 Å². The largest absolute Gasteiger partial charge is 0.448 e. The standard InChI is InChI=1S/C18H29NO/c1-11(2)14-9-15(12(3)4)17(18(19-7)20-8)16(10-14)13(5)6/h9-13H,1-8H3/p+1. The Morgan fingerprint density at radius 1 is 0.900 bits per heavy atom. The third-order valence-electron chi connectivity index (χ3n) is 3.79. The van der Waals surface area contributed by atoms with Crippen LogP contribution in [0, 0.1) is 0 Å². The average Bonchev–Trinajstić information content (AvgIpc) is 2.39. The van der Waals surface area contributed by atoms with Crippen LogP contribution in [0.4, 0.5) is 0 Å². The van der Waals surface area contributed by atoms with E-state index in [1.54, 1.807) is 7.11 Å². The maximum atomic E-state index is 5.57. The van der Waals surface area contributed by atoms with Crippen LogP contribution in [0.5, 0.6) is 0 Å². The topological polar surface area (TPSA) is 23.2 Å². The Morgan fingerprint density at radius 2 is 1.35 bits per heavy atom. The fraction of sp³-hybridized carbons (Fsp3) is 0.611. The van der Waals surface area contributed by atoms with Crippen LogP contribution in [0.1, 0.15) is 81.5 Å². The highest BCUT2D eigenvalue weighted by Gasteiger charge is 2.24. The summed E-state index contributed by atoms with van der Waals surface area (Å²) >= 11 is 0. The van der Waals surface area contributed by atoms with E-state index in [1.807, 2.05) is 7.05 Å². The molecule has 0 saturated heterocycles. The Kier molecular flexibility index (Phi) is 5.79. The van der Waals surface area contributed by atoms with Crippen molar-refractivity contribution < 1.29 is 9.73 Å². The highest BCUT2D eigenvalue weighted by molar-refractivity contribution is 5.93. The van der Waals surface area contributed by atoms with Gasteiger partial charge in [0.25, 0.3) is 0 Å². The van der Waals surface area contributed by atoms with Crippen molar-refractivity contribution in [3.63, 3.8) is 0 Å². The van der Waals surface area contributed by atoms with Crippen molar-refractivity contribution in [1.29, 1.82) is 0 Å². The highest BCUT2D eigenvalue weighted by atomic mass is 16.5. The van der Waals surface area contributed by atoms with E-state index in [1.165, 1.54) is 22.3 Å². The molecule has 0 saturated carbocycles. The molecular formula is C18H30NO+. The molecule has 0 fully saturated rings. The van der Waals surface area contributed by atoms with Crippen LogP contribution in [0.25, 0.3) is 0 Å². The van der Waals surface area contributed by atoms with Gasteiger partial charge < -0.3 is 4.74 Å². The van der Waals surface area contributed by atoms with E-state index in [0.29, 0.717) is 17.8 Å². The summed E-state index contributed by atoms with van der Waals surface area (Å²) in [4.78, 5) is 3.20. The van der Waals surface area contributed by atoms with Crippen LogP contribution >= 0.6 is 0 Å². The minimum absolute atomic E-state index is 0.472. The molecule has 0 aliphatic rings. The number of methoxy groups -OCH3 is 1. The summed E-state index contributed by atoms with van der Waals surface area (Å²) < 4.78 is 5.57. The number of hydrogen-bond acceptors (Lipinski definition) is 1. The first-order valence-electron chi connectivity index (χ1n) is 7.60. The number of rotatable bonds is 4. The van der Waals surface area contributed by atoms with Crippen LogP contribution in [0.15, 0.2) is 12.1 Å². The zero-order valence-corrected chi connectivity index (χ0v) is 14.3. The molecule has 0 radical (unpaired) electrons. The molecule has 20 heavy (non-hydrogen) atoms. The van der Waals surface area contributed by atoms with E-state index < -0.39 is 0 Å². The van der Waals surface area contributed by atoms with Gasteiger partial charge in [0.05, 0.1) is 12.7 Å². The summed E-state index contributed by atoms with van der Waals surface area (Å²) in [6.45, 7) is 13.5. The Labute approximate surface area is 124 Å². The Morgan fingerprint density at radius 3 is 1.60 bits per heavy atom. The van der Waals surface area contributed by atoms with Gasteiger partial charge in [-0.2, -0.15) is 0 Å². The number of nitrogens with one attached hydrogen (secondary N) is 1. The van der Waals surface area contributed by atoms with E-state index in [0.717, 1.165) is 5.90 Å². The smallest absolute Gasteiger partial charge is 0.368 e. The fourth-order valence-electron chi connectivity index (χ4n) is 2.55. The molecule has 1 aromatic rings. The van der Waals surface area contributed by atoms with Crippen molar-refractivity contribution in [2.24, 2.45) is 0 Å². The lowest BCUT2D eigenvalue weighted by atomic mass is 9.84. The predicted octanol–water partition coefficient (Wildman–Crippen LogP) is 3.16. The molecule has 1 rings (SSSR count). The van der Waals surface area contributed by atoms with Gasteiger partial charge in [-0.05, 0) is 34.4 Å². The summed E-state index contributed by atoms with van der Waals surface area (Å²) in [6, 6.07) is 4.68. The van der Waals surface area contributed by atoms with Crippen molar-refractivity contribution in [1.82, 2.24) is 0 Å². The van der Waals surface area contributed by atoms with Crippen molar-refractivity contribution in [2.75, 3.05) is 14.2 Å². The molecule has 0 spiro atoms. The van der Waals surface area contributed by atoms with Crippen LogP contribution in [-0.4, -0.2) is 20.1 Å². The summed E-state index contributed by atoms with van der Waals surface area (Å²) in [7, 11) is 3.65. The highest BCUT2D eigenvalue weighted by Crippen LogP contribution is 2.32. The molecule has 0 atom stereocenters. The lowest BCUT2D eigenvalue weighted by molar-refractivity contribution is -0.430. The van der Waals surface area contributed by atoms with Crippen molar-refractivity contribution in [2.45, 2.75) is 59.3 Å². The summed E-state index contributed by atoms with van der Waals surface area (Å²) in [5.74, 6) is 2.35. The van der Waals surface area contributed by atoms with Gasteiger partial charge in [-0.3, -0.25) is 0 Å². The Hall–Kier alpha value is -1.31. The van der Waals surface area contributed by atoms with E-state index in [2.05, 4.69) is 58.7 Å². The summed E-state index contributed by atoms with van der Waals surface area (Å²) in [6.07, 6.45) is 0. The van der Waals surface area contributed by atoms with E-state index in [9.17, 15) is 0 Å². The van der Waals surface area contributed by atoms with Gasteiger partial charge in [0.15, 0.2) is 0 Å². The van der Waals surface area contributed by atoms with Gasteiger partial charge in [-0.25, -0.2) is 4.99 Å². The lowest BCUT2D eigenvalue weighted by Crippen LogP contribution is -2.69. The molecule has 0 unspecified atom stereocenters. The Balaban J connectivity index is 3.68. The minimum atomic E-state index is 0.472. The molecule has 112 valence electrons. The van der Waals surface area contributed by atoms with Gasteiger partial charge >= 0.3 is 5.90 Å². The maximum Gasteiger partial charge on any atom is 0.368 e. The van der Waals surface area contributed by atoms with Crippen molar-refractivity contribution >= 4 is 5.90 Å². The monoisotopic (exact) mass is 276 g/mol. The van der Waals surface area contributed by atoms with E-state index in [-0.39, 0.29) is 0 Å². The second-order valence-electron chi connectivity index (χ2n) is 6.32. The number of ether oxygens (including phenoxy) is 1. The zero-order valence-electron chi connectivity index (χ0n) is 14.3. The van der Waals surface area contributed by atoms with Gasteiger partial charge in [0, 0.05) is 0 Å². The molecule has 2 heteroatoms. The predicted molar refractivity (Wildman–Crippen MR) is 86.7 cm³/mol. The van der Waals surface area contributed by atoms with Gasteiger partial charge in [0.1, 0.15) is 7.05 Å². The van der Waals surface area contributed by atoms with E-state index in [4.69, 9.17) is 4.74 Å².